The molecule has 2 fully saturated rings. The molecule has 3 atom stereocenters. The molecular weight excluding hydrogens is 376 g/mol. The monoisotopic (exact) mass is 399 g/mol. The van der Waals surface area contributed by atoms with Crippen LogP contribution in [-0.4, -0.2) is 22.2 Å². The highest BCUT2D eigenvalue weighted by Gasteiger charge is 2.66. The summed E-state index contributed by atoms with van der Waals surface area (Å²) in [6.07, 6.45) is 2.77. The Morgan fingerprint density at radius 1 is 1.21 bits per heavy atom. The van der Waals surface area contributed by atoms with Crippen LogP contribution in [-0.2, 0) is 15.1 Å². The SMILES string of the molecule is CC1(C)[C@H]2CC[C@]1(OC(C(N)=O)C1CC1)c1nnc(-c3c(F)cccc3F)cc12. The van der Waals surface area contributed by atoms with Crippen molar-refractivity contribution in [2.45, 2.75) is 57.2 Å². The molecule has 1 amide bonds. The number of primary amides is 1. The summed E-state index contributed by atoms with van der Waals surface area (Å²) in [7, 11) is 0. The number of halogens is 2. The third-order valence-electron chi connectivity index (χ3n) is 7.16. The molecule has 2 bridgehead atoms. The smallest absolute Gasteiger partial charge is 0.246 e. The summed E-state index contributed by atoms with van der Waals surface area (Å²) in [6.45, 7) is 4.20. The lowest BCUT2D eigenvalue weighted by Gasteiger charge is -2.39. The van der Waals surface area contributed by atoms with Gasteiger partial charge in [0, 0.05) is 5.41 Å². The van der Waals surface area contributed by atoms with E-state index >= 15 is 0 Å². The Morgan fingerprint density at radius 2 is 1.90 bits per heavy atom. The molecule has 1 aromatic heterocycles. The first-order chi connectivity index (χ1) is 13.8. The zero-order chi connectivity index (χ0) is 20.6. The van der Waals surface area contributed by atoms with Gasteiger partial charge in [0.1, 0.15) is 23.3 Å². The van der Waals surface area contributed by atoms with E-state index in [9.17, 15) is 13.6 Å². The van der Waals surface area contributed by atoms with Gasteiger partial charge in [-0.2, -0.15) is 5.10 Å². The second kappa shape index (κ2) is 6.05. The van der Waals surface area contributed by atoms with Crippen LogP contribution in [0.25, 0.3) is 11.3 Å². The minimum atomic E-state index is -0.769. The molecule has 2 saturated carbocycles. The maximum absolute atomic E-state index is 14.3. The molecule has 1 unspecified atom stereocenters. The number of hydrogen-bond donors (Lipinski definition) is 1. The molecule has 152 valence electrons. The van der Waals surface area contributed by atoms with E-state index in [2.05, 4.69) is 24.0 Å². The number of benzene rings is 1. The van der Waals surface area contributed by atoms with E-state index in [-0.39, 0.29) is 28.5 Å². The first-order valence-corrected chi connectivity index (χ1v) is 10.1. The summed E-state index contributed by atoms with van der Waals surface area (Å²) in [5, 5.41) is 8.56. The molecule has 5 rings (SSSR count). The normalized spacial score (nSPS) is 27.7. The molecule has 5 nitrogen and oxygen atoms in total. The molecule has 1 heterocycles. The average molecular weight is 399 g/mol. The number of carbonyl (C=O) groups excluding carboxylic acids is 1. The maximum Gasteiger partial charge on any atom is 0.246 e. The van der Waals surface area contributed by atoms with Crippen molar-refractivity contribution in [3.63, 3.8) is 0 Å². The summed E-state index contributed by atoms with van der Waals surface area (Å²) in [6, 6.07) is 5.48. The first-order valence-electron chi connectivity index (χ1n) is 10.1. The van der Waals surface area contributed by atoms with E-state index in [1.165, 1.54) is 18.2 Å². The molecule has 0 aliphatic heterocycles. The van der Waals surface area contributed by atoms with Gasteiger partial charge in [-0.05, 0) is 61.3 Å². The van der Waals surface area contributed by atoms with Crippen molar-refractivity contribution in [2.75, 3.05) is 0 Å². The summed E-state index contributed by atoms with van der Waals surface area (Å²) < 4.78 is 35.0. The topological polar surface area (TPSA) is 78.1 Å². The Morgan fingerprint density at radius 3 is 2.52 bits per heavy atom. The number of rotatable bonds is 5. The number of fused-ring (bicyclic) bond motifs is 5. The molecule has 0 radical (unpaired) electrons. The second-order valence-electron chi connectivity index (χ2n) is 9.05. The standard InChI is InChI=1S/C22H23F2N3O2/c1-21(2)13-8-9-22(21,29-18(20(25)28)11-6-7-11)19-12(13)10-16(26-27-19)17-14(23)4-3-5-15(17)24/h3-5,10-11,13,18H,6-9H2,1-2H3,(H2,25,28)/t13-,18?,22-/m0/s1. The Kier molecular flexibility index (Phi) is 3.88. The van der Waals surface area contributed by atoms with Crippen LogP contribution in [0.3, 0.4) is 0 Å². The number of nitrogens with two attached hydrogens (primary N) is 1. The molecule has 2 N–H and O–H groups in total. The van der Waals surface area contributed by atoms with Crippen molar-refractivity contribution < 1.29 is 18.3 Å². The minimum absolute atomic E-state index is 0.106. The highest BCUT2D eigenvalue weighted by Crippen LogP contribution is 2.68. The zero-order valence-corrected chi connectivity index (χ0v) is 16.4. The van der Waals surface area contributed by atoms with Crippen molar-refractivity contribution in [1.82, 2.24) is 10.2 Å². The van der Waals surface area contributed by atoms with E-state index in [1.807, 2.05) is 0 Å². The predicted molar refractivity (Wildman–Crippen MR) is 102 cm³/mol. The Balaban J connectivity index is 1.61. The number of amides is 1. The molecule has 0 spiro atoms. The minimum Gasteiger partial charge on any atom is -0.367 e. The molecule has 29 heavy (non-hydrogen) atoms. The van der Waals surface area contributed by atoms with E-state index in [1.54, 1.807) is 6.07 Å². The quantitative estimate of drug-likeness (QED) is 0.829. The lowest BCUT2D eigenvalue weighted by Crippen LogP contribution is -2.46. The fraction of sp³-hybridized carbons (Fsp3) is 0.500. The largest absolute Gasteiger partial charge is 0.367 e. The van der Waals surface area contributed by atoms with Crippen LogP contribution in [0.5, 0.6) is 0 Å². The molecule has 3 aliphatic carbocycles. The summed E-state index contributed by atoms with van der Waals surface area (Å²) in [5.74, 6) is -1.53. The molecule has 0 saturated heterocycles. The van der Waals surface area contributed by atoms with E-state index in [4.69, 9.17) is 10.5 Å². The van der Waals surface area contributed by atoms with E-state index in [0.29, 0.717) is 5.69 Å². The van der Waals surface area contributed by atoms with Gasteiger partial charge < -0.3 is 10.5 Å². The van der Waals surface area contributed by atoms with Crippen molar-refractivity contribution >= 4 is 5.91 Å². The van der Waals surface area contributed by atoms with Gasteiger partial charge in [-0.25, -0.2) is 8.78 Å². The van der Waals surface area contributed by atoms with Gasteiger partial charge in [-0.1, -0.05) is 19.9 Å². The van der Waals surface area contributed by atoms with Crippen LogP contribution in [0.4, 0.5) is 8.78 Å². The first kappa shape index (κ1) is 18.6. The molecule has 2 aromatic rings. The molecule has 3 aliphatic rings. The summed E-state index contributed by atoms with van der Waals surface area (Å²) in [4.78, 5) is 12.1. The predicted octanol–water partition coefficient (Wildman–Crippen LogP) is 3.81. The number of nitrogens with zero attached hydrogens (tertiary/aromatic N) is 2. The number of carbonyl (C=O) groups is 1. The van der Waals surface area contributed by atoms with Gasteiger partial charge in [0.05, 0.1) is 17.0 Å². The summed E-state index contributed by atoms with van der Waals surface area (Å²) in [5.41, 5.74) is 6.10. The third-order valence-corrected chi connectivity index (χ3v) is 7.16. The number of ether oxygens (including phenoxy) is 1. The fourth-order valence-electron chi connectivity index (χ4n) is 5.40. The van der Waals surface area contributed by atoms with Crippen molar-refractivity contribution in [3.05, 3.63) is 47.2 Å². The Bertz CT molecular complexity index is 1000. The van der Waals surface area contributed by atoms with Crippen molar-refractivity contribution in [3.8, 4) is 11.3 Å². The van der Waals surface area contributed by atoms with E-state index in [0.717, 1.165) is 31.2 Å². The van der Waals surface area contributed by atoms with Crippen LogP contribution < -0.4 is 5.73 Å². The van der Waals surface area contributed by atoms with Gasteiger partial charge in [0.25, 0.3) is 0 Å². The third kappa shape index (κ3) is 2.49. The van der Waals surface area contributed by atoms with Crippen LogP contribution >= 0.6 is 0 Å². The second-order valence-corrected chi connectivity index (χ2v) is 9.05. The Hall–Kier alpha value is -2.41. The van der Waals surface area contributed by atoms with Gasteiger partial charge in [0.15, 0.2) is 0 Å². The zero-order valence-electron chi connectivity index (χ0n) is 16.4. The highest BCUT2D eigenvalue weighted by molar-refractivity contribution is 5.79. The van der Waals surface area contributed by atoms with Crippen LogP contribution in [0.2, 0.25) is 0 Å². The van der Waals surface area contributed by atoms with Crippen molar-refractivity contribution in [2.24, 2.45) is 17.1 Å². The fourth-order valence-corrected chi connectivity index (χ4v) is 5.40. The molecular formula is C22H23F2N3O2. The average Bonchev–Trinajstić information content (AvgIpc) is 3.44. The molecule has 1 aromatic carbocycles. The van der Waals surface area contributed by atoms with Gasteiger partial charge in [0.2, 0.25) is 5.91 Å². The molecule has 7 heteroatoms. The van der Waals surface area contributed by atoms with E-state index < -0.39 is 29.2 Å². The van der Waals surface area contributed by atoms with Crippen LogP contribution in [0.1, 0.15) is 56.7 Å². The number of aromatic nitrogens is 2. The van der Waals surface area contributed by atoms with Crippen molar-refractivity contribution in [1.29, 1.82) is 0 Å². The Labute approximate surface area is 167 Å². The van der Waals surface area contributed by atoms with Gasteiger partial charge >= 0.3 is 0 Å². The summed E-state index contributed by atoms with van der Waals surface area (Å²) >= 11 is 0. The number of hydrogen-bond acceptors (Lipinski definition) is 4. The van der Waals surface area contributed by atoms with Gasteiger partial charge in [-0.15, -0.1) is 5.10 Å². The maximum atomic E-state index is 14.3. The van der Waals surface area contributed by atoms with Crippen LogP contribution in [0.15, 0.2) is 24.3 Å². The van der Waals surface area contributed by atoms with Crippen LogP contribution in [0, 0.1) is 23.0 Å². The highest BCUT2D eigenvalue weighted by atomic mass is 19.1. The van der Waals surface area contributed by atoms with Gasteiger partial charge in [-0.3, -0.25) is 4.79 Å². The lowest BCUT2D eigenvalue weighted by molar-refractivity contribution is -0.169. The lowest BCUT2D eigenvalue weighted by atomic mass is 9.77.